The molecule has 4 nitrogen and oxygen atoms in total. The second kappa shape index (κ2) is 7.31. The summed E-state index contributed by atoms with van der Waals surface area (Å²) in [6.07, 6.45) is 0. The van der Waals surface area contributed by atoms with Crippen LogP contribution in [0.4, 0.5) is 0 Å². The summed E-state index contributed by atoms with van der Waals surface area (Å²) in [5, 5.41) is 13.0. The van der Waals surface area contributed by atoms with Crippen LogP contribution >= 0.6 is 0 Å². The van der Waals surface area contributed by atoms with Crippen LogP contribution in [-0.2, 0) is 17.9 Å². The van der Waals surface area contributed by atoms with Crippen LogP contribution in [0.2, 0.25) is 0 Å². The van der Waals surface area contributed by atoms with Crippen molar-refractivity contribution in [1.29, 1.82) is 0 Å². The van der Waals surface area contributed by atoms with Gasteiger partial charge in [0.25, 0.3) is 0 Å². The van der Waals surface area contributed by atoms with E-state index in [4.69, 9.17) is 4.74 Å². The van der Waals surface area contributed by atoms with E-state index in [0.717, 1.165) is 16.9 Å². The molecule has 0 aliphatic rings. The molecule has 0 aliphatic carbocycles. The van der Waals surface area contributed by atoms with E-state index in [1.54, 1.807) is 0 Å². The second-order valence-electron chi connectivity index (χ2n) is 4.39. The highest BCUT2D eigenvalue weighted by Gasteiger charge is 1.97. The first kappa shape index (κ1) is 14.1. The minimum Gasteiger partial charge on any atom is -0.549 e. The Bertz CT molecular complexity index is 537. The van der Waals surface area contributed by atoms with Gasteiger partial charge in [-0.05, 0) is 23.3 Å². The molecule has 0 radical (unpaired) electrons. The third-order valence-corrected chi connectivity index (χ3v) is 2.77. The van der Waals surface area contributed by atoms with Gasteiger partial charge in [0.1, 0.15) is 12.4 Å². The number of carbonyl (C=O) groups is 1. The quantitative estimate of drug-likeness (QED) is 0.818. The van der Waals surface area contributed by atoms with Gasteiger partial charge in [-0.25, -0.2) is 0 Å². The number of nitrogens with one attached hydrogen (secondary N) is 1. The molecule has 2 rings (SSSR count). The first-order valence-corrected chi connectivity index (χ1v) is 6.40. The molecule has 0 saturated carbocycles. The maximum Gasteiger partial charge on any atom is 0.119 e. The van der Waals surface area contributed by atoms with E-state index in [1.807, 2.05) is 54.6 Å². The minimum absolute atomic E-state index is 0.147. The standard InChI is InChI=1S/C16H17NO3/c18-16(19)11-17-10-13-6-8-15(9-7-13)20-12-14-4-2-1-3-5-14/h1-9,17H,10-12H2,(H,18,19)/p-1. The van der Waals surface area contributed by atoms with Crippen molar-refractivity contribution in [3.63, 3.8) is 0 Å². The van der Waals surface area contributed by atoms with Crippen molar-refractivity contribution in [1.82, 2.24) is 5.32 Å². The topological polar surface area (TPSA) is 61.4 Å². The van der Waals surface area contributed by atoms with Gasteiger partial charge in [-0.1, -0.05) is 42.5 Å². The maximum absolute atomic E-state index is 10.3. The smallest absolute Gasteiger partial charge is 0.119 e. The molecule has 0 saturated heterocycles. The van der Waals surface area contributed by atoms with Crippen LogP contribution in [0.25, 0.3) is 0 Å². The fourth-order valence-corrected chi connectivity index (χ4v) is 1.75. The molecule has 0 bridgehead atoms. The summed E-state index contributed by atoms with van der Waals surface area (Å²) in [5.74, 6) is -0.315. The number of ether oxygens (including phenoxy) is 1. The van der Waals surface area contributed by atoms with Gasteiger partial charge in [-0.15, -0.1) is 0 Å². The SMILES string of the molecule is O=C([O-])CNCc1ccc(OCc2ccccc2)cc1. The Labute approximate surface area is 118 Å². The van der Waals surface area contributed by atoms with E-state index in [2.05, 4.69) is 5.32 Å². The van der Waals surface area contributed by atoms with Crippen LogP contribution in [-0.4, -0.2) is 12.5 Å². The Kier molecular flexibility index (Phi) is 5.15. The molecule has 104 valence electrons. The fourth-order valence-electron chi connectivity index (χ4n) is 1.75. The summed E-state index contributed by atoms with van der Waals surface area (Å²) in [6, 6.07) is 17.5. The summed E-state index contributed by atoms with van der Waals surface area (Å²) in [6.45, 7) is 0.877. The lowest BCUT2D eigenvalue weighted by Gasteiger charge is -2.08. The van der Waals surface area contributed by atoms with Gasteiger partial charge in [-0.2, -0.15) is 0 Å². The lowest BCUT2D eigenvalue weighted by atomic mass is 10.2. The van der Waals surface area contributed by atoms with Gasteiger partial charge in [-0.3, -0.25) is 0 Å². The highest BCUT2D eigenvalue weighted by atomic mass is 16.5. The van der Waals surface area contributed by atoms with Crippen molar-refractivity contribution in [3.05, 3.63) is 65.7 Å². The van der Waals surface area contributed by atoms with Crippen LogP contribution < -0.4 is 15.2 Å². The molecule has 0 aromatic heterocycles. The van der Waals surface area contributed by atoms with Crippen molar-refractivity contribution in [3.8, 4) is 5.75 Å². The van der Waals surface area contributed by atoms with Crippen LogP contribution in [0.5, 0.6) is 5.75 Å². The van der Waals surface area contributed by atoms with E-state index < -0.39 is 5.97 Å². The van der Waals surface area contributed by atoms with Crippen molar-refractivity contribution < 1.29 is 14.6 Å². The summed E-state index contributed by atoms with van der Waals surface area (Å²) >= 11 is 0. The molecular formula is C16H16NO3-. The Hall–Kier alpha value is -2.33. The zero-order chi connectivity index (χ0) is 14.2. The van der Waals surface area contributed by atoms with E-state index in [-0.39, 0.29) is 6.54 Å². The van der Waals surface area contributed by atoms with Gasteiger partial charge >= 0.3 is 0 Å². The van der Waals surface area contributed by atoms with Gasteiger partial charge in [0.15, 0.2) is 0 Å². The van der Waals surface area contributed by atoms with Crippen molar-refractivity contribution in [2.24, 2.45) is 0 Å². The van der Waals surface area contributed by atoms with Crippen molar-refractivity contribution >= 4 is 5.97 Å². The second-order valence-corrected chi connectivity index (χ2v) is 4.39. The van der Waals surface area contributed by atoms with E-state index in [9.17, 15) is 9.90 Å². The number of carboxylic acids is 1. The summed E-state index contributed by atoms with van der Waals surface area (Å²) in [7, 11) is 0. The Balaban J connectivity index is 1.81. The highest BCUT2D eigenvalue weighted by molar-refractivity contribution is 5.66. The average Bonchev–Trinajstić information content (AvgIpc) is 2.47. The van der Waals surface area contributed by atoms with Crippen LogP contribution in [0, 0.1) is 0 Å². The predicted octanol–water partition coefficient (Wildman–Crippen LogP) is 1.11. The number of hydrogen-bond acceptors (Lipinski definition) is 4. The van der Waals surface area contributed by atoms with Gasteiger partial charge in [0.2, 0.25) is 0 Å². The van der Waals surface area contributed by atoms with Crippen LogP contribution in [0.1, 0.15) is 11.1 Å². The third kappa shape index (κ3) is 4.74. The van der Waals surface area contributed by atoms with Crippen LogP contribution in [0.3, 0.4) is 0 Å². The van der Waals surface area contributed by atoms with Crippen molar-refractivity contribution in [2.75, 3.05) is 6.54 Å². The van der Waals surface area contributed by atoms with Crippen molar-refractivity contribution in [2.45, 2.75) is 13.2 Å². The molecule has 2 aromatic carbocycles. The number of carboxylic acid groups (broad SMARTS) is 1. The minimum atomic E-state index is -1.10. The third-order valence-electron chi connectivity index (χ3n) is 2.77. The van der Waals surface area contributed by atoms with Crippen LogP contribution in [0.15, 0.2) is 54.6 Å². The van der Waals surface area contributed by atoms with E-state index >= 15 is 0 Å². The summed E-state index contributed by atoms with van der Waals surface area (Å²) in [4.78, 5) is 10.3. The summed E-state index contributed by atoms with van der Waals surface area (Å²) in [5.41, 5.74) is 2.12. The molecule has 2 aromatic rings. The number of hydrogen-bond donors (Lipinski definition) is 1. The monoisotopic (exact) mass is 270 g/mol. The molecule has 0 atom stereocenters. The normalized spacial score (nSPS) is 10.2. The zero-order valence-corrected chi connectivity index (χ0v) is 11.0. The molecule has 20 heavy (non-hydrogen) atoms. The molecule has 0 unspecified atom stereocenters. The lowest BCUT2D eigenvalue weighted by Crippen LogP contribution is -2.34. The summed E-state index contributed by atoms with van der Waals surface area (Å²) < 4.78 is 5.67. The molecule has 1 N–H and O–H groups in total. The number of aliphatic carboxylic acids is 1. The van der Waals surface area contributed by atoms with E-state index in [0.29, 0.717) is 13.2 Å². The molecule has 0 spiro atoms. The van der Waals surface area contributed by atoms with Gasteiger partial charge < -0.3 is 20.0 Å². The highest BCUT2D eigenvalue weighted by Crippen LogP contribution is 2.14. The first-order chi connectivity index (χ1) is 9.74. The fraction of sp³-hybridized carbons (Fsp3) is 0.188. The molecule has 0 heterocycles. The van der Waals surface area contributed by atoms with Gasteiger partial charge in [0.05, 0.1) is 5.97 Å². The Morgan fingerprint density at radius 2 is 1.70 bits per heavy atom. The molecule has 0 amide bonds. The number of benzene rings is 2. The van der Waals surface area contributed by atoms with Gasteiger partial charge in [0, 0.05) is 13.1 Å². The number of rotatable bonds is 7. The Morgan fingerprint density at radius 1 is 1.00 bits per heavy atom. The molecular weight excluding hydrogens is 254 g/mol. The predicted molar refractivity (Wildman–Crippen MR) is 73.9 cm³/mol. The molecule has 0 aliphatic heterocycles. The Morgan fingerprint density at radius 3 is 2.35 bits per heavy atom. The van der Waals surface area contributed by atoms with E-state index in [1.165, 1.54) is 0 Å². The average molecular weight is 270 g/mol. The molecule has 0 fully saturated rings. The number of carbonyl (C=O) groups excluding carboxylic acids is 1. The largest absolute Gasteiger partial charge is 0.549 e. The zero-order valence-electron chi connectivity index (χ0n) is 11.0. The molecule has 4 heteroatoms. The first-order valence-electron chi connectivity index (χ1n) is 6.40. The maximum atomic E-state index is 10.3. The lowest BCUT2D eigenvalue weighted by molar-refractivity contribution is -0.304.